The van der Waals surface area contributed by atoms with E-state index in [1.54, 1.807) is 17.4 Å². The van der Waals surface area contributed by atoms with E-state index >= 15 is 0 Å². The first-order valence-corrected chi connectivity index (χ1v) is 9.89. The third-order valence-electron chi connectivity index (χ3n) is 4.64. The fourth-order valence-corrected chi connectivity index (χ4v) is 4.02. The molecule has 150 valence electrons. The predicted molar refractivity (Wildman–Crippen MR) is 116 cm³/mol. The molecule has 3 rings (SSSR count). The van der Waals surface area contributed by atoms with E-state index in [1.807, 2.05) is 12.1 Å². The van der Waals surface area contributed by atoms with Crippen molar-refractivity contribution in [3.63, 3.8) is 0 Å². The Hall–Kier alpha value is -2.15. The molecular formula is C21H25ClN2O3S. The summed E-state index contributed by atoms with van der Waals surface area (Å²) >= 11 is 1.66. The number of thiophene rings is 1. The quantitative estimate of drug-likeness (QED) is 0.412. The van der Waals surface area contributed by atoms with E-state index in [4.69, 9.17) is 9.94 Å². The molecule has 0 unspecified atom stereocenters. The van der Waals surface area contributed by atoms with Crippen molar-refractivity contribution in [3.05, 3.63) is 68.9 Å². The second kappa shape index (κ2) is 10.4. The molecule has 1 aliphatic heterocycles. The molecule has 7 heteroatoms. The highest BCUT2D eigenvalue weighted by molar-refractivity contribution is 7.12. The second-order valence-corrected chi connectivity index (χ2v) is 7.54. The molecule has 28 heavy (non-hydrogen) atoms. The summed E-state index contributed by atoms with van der Waals surface area (Å²) < 4.78 is 0. The zero-order valence-corrected chi connectivity index (χ0v) is 17.7. The molecular weight excluding hydrogens is 396 g/mol. The maximum Gasteiger partial charge on any atom is 0.332 e. The fraction of sp³-hybridized carbons (Fsp3) is 0.333. The van der Waals surface area contributed by atoms with Gasteiger partial charge in [-0.05, 0) is 42.8 Å². The minimum Gasteiger partial charge on any atom is -0.478 e. The van der Waals surface area contributed by atoms with E-state index in [9.17, 15) is 4.79 Å². The van der Waals surface area contributed by atoms with Crippen molar-refractivity contribution < 1.29 is 14.7 Å². The van der Waals surface area contributed by atoms with Crippen LogP contribution >= 0.6 is 23.7 Å². The normalized spacial score (nSPS) is 14.9. The van der Waals surface area contributed by atoms with Crippen LogP contribution in [0.15, 0.2) is 52.5 Å². The number of aliphatic carboxylic acids is 1. The number of carboxylic acids is 1. The van der Waals surface area contributed by atoms with Crippen LogP contribution in [0.3, 0.4) is 0 Å². The van der Waals surface area contributed by atoms with Crippen LogP contribution in [0.1, 0.15) is 28.0 Å². The van der Waals surface area contributed by atoms with Crippen molar-refractivity contribution in [3.8, 4) is 0 Å². The number of hydrogen-bond acceptors (Lipinski definition) is 5. The van der Waals surface area contributed by atoms with Gasteiger partial charge in [0.05, 0.1) is 4.88 Å². The lowest BCUT2D eigenvalue weighted by Crippen LogP contribution is -2.34. The first kappa shape index (κ1) is 22.1. The number of hydrogen-bond donors (Lipinski definition) is 1. The third kappa shape index (κ3) is 5.44. The topological polar surface area (TPSA) is 62.1 Å². The lowest BCUT2D eigenvalue weighted by atomic mass is 10.0. The van der Waals surface area contributed by atoms with Gasteiger partial charge in [0.2, 0.25) is 0 Å². The minimum atomic E-state index is -0.839. The Morgan fingerprint density at radius 1 is 1.25 bits per heavy atom. The Kier molecular flexibility index (Phi) is 8.23. The van der Waals surface area contributed by atoms with Crippen LogP contribution in [-0.2, 0) is 9.63 Å². The van der Waals surface area contributed by atoms with Crippen LogP contribution in [0.25, 0.3) is 0 Å². The molecule has 0 amide bonds. The highest BCUT2D eigenvalue weighted by atomic mass is 35.5. The van der Waals surface area contributed by atoms with Gasteiger partial charge >= 0.3 is 5.97 Å². The Morgan fingerprint density at radius 2 is 2.04 bits per heavy atom. The highest BCUT2D eigenvalue weighted by Gasteiger charge is 2.18. The first-order chi connectivity index (χ1) is 13.1. The van der Waals surface area contributed by atoms with Crippen LogP contribution in [0.5, 0.6) is 0 Å². The van der Waals surface area contributed by atoms with Gasteiger partial charge in [-0.15, -0.1) is 23.7 Å². The summed E-state index contributed by atoms with van der Waals surface area (Å²) in [6.07, 6.45) is 2.56. The Bertz CT molecular complexity index is 876. The fourth-order valence-electron chi connectivity index (χ4n) is 3.10. The molecule has 1 aliphatic rings. The Labute approximate surface area is 175 Å². The maximum absolute atomic E-state index is 11.1. The van der Waals surface area contributed by atoms with Gasteiger partial charge in [-0.25, -0.2) is 4.79 Å². The standard InChI is InChI=1S/C21H24N2O3S.ClH/c1-15-6-3-4-8-18(15)19(20-16(2)9-13-27-20)22-26-12-11-23-10-5-7-17(14-23)21(24)25;/h3-4,6-9,13H,5,10-12,14H2,1-2H3,(H,24,25);1H/b22-19-;. The molecule has 0 fully saturated rings. The molecule has 0 atom stereocenters. The van der Waals surface area contributed by atoms with Gasteiger partial charge in [0.1, 0.15) is 12.3 Å². The van der Waals surface area contributed by atoms with Crippen LogP contribution < -0.4 is 0 Å². The van der Waals surface area contributed by atoms with Gasteiger partial charge in [-0.2, -0.15) is 0 Å². The monoisotopic (exact) mass is 420 g/mol. The third-order valence-corrected chi connectivity index (χ3v) is 5.66. The molecule has 5 nitrogen and oxygen atoms in total. The summed E-state index contributed by atoms with van der Waals surface area (Å²) in [5, 5.41) is 15.7. The van der Waals surface area contributed by atoms with E-state index in [1.165, 1.54) is 5.56 Å². The van der Waals surface area contributed by atoms with Crippen molar-refractivity contribution in [2.24, 2.45) is 5.16 Å². The number of benzene rings is 1. The number of oxime groups is 1. The largest absolute Gasteiger partial charge is 0.478 e. The lowest BCUT2D eigenvalue weighted by Gasteiger charge is -2.24. The predicted octanol–water partition coefficient (Wildman–Crippen LogP) is 4.27. The summed E-state index contributed by atoms with van der Waals surface area (Å²) in [6, 6.07) is 10.2. The molecule has 0 spiro atoms. The van der Waals surface area contributed by atoms with E-state index in [-0.39, 0.29) is 12.4 Å². The van der Waals surface area contributed by atoms with Crippen LogP contribution in [0.2, 0.25) is 0 Å². The summed E-state index contributed by atoms with van der Waals surface area (Å²) in [7, 11) is 0. The summed E-state index contributed by atoms with van der Waals surface area (Å²) in [4.78, 5) is 20.0. The van der Waals surface area contributed by atoms with E-state index < -0.39 is 5.97 Å². The molecule has 2 aromatic rings. The van der Waals surface area contributed by atoms with Crippen molar-refractivity contribution in [1.82, 2.24) is 4.90 Å². The SMILES string of the molecule is Cc1ccccc1/C(=N/OCCN1CCC=C(C(=O)O)C1)c1sccc1C.Cl. The van der Waals surface area contributed by atoms with Crippen LogP contribution in [0, 0.1) is 13.8 Å². The summed E-state index contributed by atoms with van der Waals surface area (Å²) in [5.41, 5.74) is 4.71. The van der Waals surface area contributed by atoms with Crippen molar-refractivity contribution >= 4 is 35.4 Å². The van der Waals surface area contributed by atoms with E-state index in [0.717, 1.165) is 34.7 Å². The van der Waals surface area contributed by atoms with Gasteiger partial charge in [-0.1, -0.05) is 35.5 Å². The Morgan fingerprint density at radius 3 is 2.71 bits per heavy atom. The molecule has 1 N–H and O–H groups in total. The minimum absolute atomic E-state index is 0. The molecule has 0 radical (unpaired) electrons. The van der Waals surface area contributed by atoms with Crippen LogP contribution in [0.4, 0.5) is 0 Å². The number of carbonyl (C=O) groups is 1. The van der Waals surface area contributed by atoms with E-state index in [0.29, 0.717) is 25.3 Å². The average molecular weight is 421 g/mol. The number of carboxylic acid groups (broad SMARTS) is 1. The molecule has 0 saturated carbocycles. The molecule has 0 aliphatic carbocycles. The van der Waals surface area contributed by atoms with Gasteiger partial charge in [-0.3, -0.25) is 4.90 Å². The maximum atomic E-state index is 11.1. The van der Waals surface area contributed by atoms with E-state index in [2.05, 4.69) is 47.5 Å². The molecule has 2 heterocycles. The number of nitrogens with zero attached hydrogens (tertiary/aromatic N) is 2. The van der Waals surface area contributed by atoms with Crippen LogP contribution in [-0.4, -0.2) is 47.9 Å². The van der Waals surface area contributed by atoms with Crippen molar-refractivity contribution in [2.45, 2.75) is 20.3 Å². The first-order valence-electron chi connectivity index (χ1n) is 9.01. The zero-order chi connectivity index (χ0) is 19.2. The number of aryl methyl sites for hydroxylation is 2. The number of rotatable bonds is 7. The second-order valence-electron chi connectivity index (χ2n) is 6.62. The molecule has 0 bridgehead atoms. The van der Waals surface area contributed by atoms with Gasteiger partial charge in [0.25, 0.3) is 0 Å². The average Bonchev–Trinajstić information content (AvgIpc) is 3.09. The van der Waals surface area contributed by atoms with Gasteiger partial charge < -0.3 is 9.94 Å². The highest BCUT2D eigenvalue weighted by Crippen LogP contribution is 2.23. The van der Waals surface area contributed by atoms with Gasteiger partial charge in [0.15, 0.2) is 0 Å². The smallest absolute Gasteiger partial charge is 0.332 e. The molecule has 0 saturated heterocycles. The number of halogens is 1. The molecule has 1 aromatic heterocycles. The van der Waals surface area contributed by atoms with Crippen molar-refractivity contribution in [2.75, 3.05) is 26.2 Å². The van der Waals surface area contributed by atoms with Gasteiger partial charge in [0, 0.05) is 30.8 Å². The summed E-state index contributed by atoms with van der Waals surface area (Å²) in [6.45, 7) is 6.52. The Balaban J connectivity index is 0.00000280. The summed E-state index contributed by atoms with van der Waals surface area (Å²) in [5.74, 6) is -0.839. The lowest BCUT2D eigenvalue weighted by molar-refractivity contribution is -0.133. The van der Waals surface area contributed by atoms with Crippen molar-refractivity contribution in [1.29, 1.82) is 0 Å². The molecule has 1 aromatic carbocycles. The zero-order valence-electron chi connectivity index (χ0n) is 16.1.